The molecule has 3 heterocycles. The van der Waals surface area contributed by atoms with Crippen LogP contribution in [0.2, 0.25) is 0 Å². The Morgan fingerprint density at radius 1 is 0.455 bits per heavy atom. The molecule has 0 N–H and O–H groups in total. The Balaban J connectivity index is 0.00000242. The first-order valence-corrected chi connectivity index (χ1v) is 15.7. The van der Waals surface area contributed by atoms with E-state index in [9.17, 15) is 0 Å². The van der Waals surface area contributed by atoms with Gasteiger partial charge in [0.25, 0.3) is 0 Å². The largest absolute Gasteiger partial charge is 3.00 e. The quantitative estimate of drug-likeness (QED) is 0.144. The molecule has 0 fully saturated rings. The number of benzene rings is 2. The molecule has 3 aromatic heterocycles. The molecule has 0 aliphatic rings. The molecule has 0 aliphatic heterocycles. The van der Waals surface area contributed by atoms with E-state index in [1.807, 2.05) is 0 Å². The van der Waals surface area contributed by atoms with E-state index in [0.29, 0.717) is 0 Å². The number of hydrogen-bond donors (Lipinski definition) is 0. The van der Waals surface area contributed by atoms with Crippen LogP contribution in [-0.4, -0.2) is 24.1 Å². The Bertz CT molecular complexity index is 1410. The van der Waals surface area contributed by atoms with Gasteiger partial charge in [0.05, 0.1) is 22.1 Å². The molecular weight excluding hydrogens is 656 g/mol. The second-order valence-corrected chi connectivity index (χ2v) is 11.1. The van der Waals surface area contributed by atoms with Gasteiger partial charge in [-0.05, 0) is 49.2 Å². The minimum Gasteiger partial charge on any atom is -1.00 e. The summed E-state index contributed by atoms with van der Waals surface area (Å²) in [4.78, 5) is 15.3. The summed E-state index contributed by atoms with van der Waals surface area (Å²) in [5.41, 5.74) is 6.27. The van der Waals surface area contributed by atoms with Gasteiger partial charge in [0, 0.05) is 13.1 Å². The van der Waals surface area contributed by atoms with Gasteiger partial charge in [0.2, 0.25) is 0 Å². The van der Waals surface area contributed by atoms with Crippen molar-refractivity contribution in [2.75, 3.05) is 0 Å². The van der Waals surface area contributed by atoms with Gasteiger partial charge in [-0.1, -0.05) is 108 Å². The topological polar surface area (TPSA) is 48.5 Å². The molecule has 0 saturated heterocycles. The zero-order valence-corrected chi connectivity index (χ0v) is 29.3. The number of halogens is 3. The summed E-state index contributed by atoms with van der Waals surface area (Å²) in [5, 5.41) is 0. The molecular formula is C35H45Cl3CoN5. The molecule has 5 nitrogen and oxygen atoms in total. The number of aryl methyl sites for hydroxylation is 2. The zero-order chi connectivity index (χ0) is 27.6. The first-order chi connectivity index (χ1) is 19.8. The second-order valence-electron chi connectivity index (χ2n) is 11.1. The van der Waals surface area contributed by atoms with Gasteiger partial charge in [-0.15, -0.1) is 0 Å². The molecule has 44 heavy (non-hydrogen) atoms. The SMILES string of the molecule is CCCCCCCCn1c(-c2cccc(-c3nc4ccccc4n3CCCCCCCC)n2)nc2ccccc21.[Cl-].[Cl-].[Cl-].[Co+3]. The molecule has 5 rings (SSSR count). The molecule has 0 amide bonds. The Kier molecular flexibility index (Phi) is 18.9. The van der Waals surface area contributed by atoms with Crippen molar-refractivity contribution in [1.82, 2.24) is 24.1 Å². The summed E-state index contributed by atoms with van der Waals surface area (Å²) in [7, 11) is 0. The van der Waals surface area contributed by atoms with Crippen LogP contribution in [0.4, 0.5) is 0 Å². The summed E-state index contributed by atoms with van der Waals surface area (Å²) < 4.78 is 4.75. The molecule has 0 aliphatic carbocycles. The fraction of sp³-hybridized carbons (Fsp3) is 0.457. The van der Waals surface area contributed by atoms with Crippen LogP contribution in [-0.2, 0) is 29.9 Å². The number of aromatic nitrogens is 5. The molecule has 9 heteroatoms. The van der Waals surface area contributed by atoms with Gasteiger partial charge >= 0.3 is 16.8 Å². The number of fused-ring (bicyclic) bond motifs is 2. The van der Waals surface area contributed by atoms with Crippen LogP contribution in [0, 0.1) is 0 Å². The van der Waals surface area contributed by atoms with Crippen molar-refractivity contribution in [3.05, 3.63) is 66.7 Å². The summed E-state index contributed by atoms with van der Waals surface area (Å²) in [6.45, 7) is 6.47. The number of rotatable bonds is 16. The molecule has 0 atom stereocenters. The normalized spacial score (nSPS) is 10.6. The number of unbranched alkanes of at least 4 members (excludes halogenated alkanes) is 10. The van der Waals surface area contributed by atoms with Crippen LogP contribution in [0.5, 0.6) is 0 Å². The summed E-state index contributed by atoms with van der Waals surface area (Å²) >= 11 is 0. The minimum absolute atomic E-state index is 0. The van der Waals surface area contributed by atoms with Gasteiger partial charge in [0.1, 0.15) is 11.4 Å². The Morgan fingerprint density at radius 3 is 1.27 bits per heavy atom. The molecule has 5 aromatic rings. The molecule has 0 radical (unpaired) electrons. The van der Waals surface area contributed by atoms with Crippen LogP contribution < -0.4 is 37.2 Å². The molecule has 240 valence electrons. The van der Waals surface area contributed by atoms with E-state index in [-0.39, 0.29) is 54.0 Å². The standard InChI is InChI=1S/C35H45N5.3ClH.Co/c1-3-5-7-9-11-17-26-39-32-24-15-13-20-28(32)37-34(39)30-22-19-23-31(36-30)35-38-29-21-14-16-25-33(29)40(35)27-18-12-10-8-6-4-2;;;;/h13-16,19-25H,3-12,17-18,26-27H2,1-2H3;3*1H;/q;;;;+3/p-3. The van der Waals surface area contributed by atoms with E-state index in [0.717, 1.165) is 60.0 Å². The smallest absolute Gasteiger partial charge is 1.00 e. The van der Waals surface area contributed by atoms with E-state index in [4.69, 9.17) is 15.0 Å². The monoisotopic (exact) mass is 699 g/mol. The van der Waals surface area contributed by atoms with Crippen LogP contribution in [0.1, 0.15) is 90.9 Å². The van der Waals surface area contributed by atoms with Crippen molar-refractivity contribution in [1.29, 1.82) is 0 Å². The third-order valence-electron chi connectivity index (χ3n) is 7.99. The average molecular weight is 701 g/mol. The third-order valence-corrected chi connectivity index (χ3v) is 7.99. The average Bonchev–Trinajstić information content (AvgIpc) is 3.55. The first-order valence-electron chi connectivity index (χ1n) is 15.7. The number of para-hydroxylation sites is 4. The number of imidazole rings is 2. The maximum atomic E-state index is 5.20. The fourth-order valence-corrected chi connectivity index (χ4v) is 5.78. The Hall–Kier alpha value is -2.09. The van der Waals surface area contributed by atoms with Crippen molar-refractivity contribution < 1.29 is 54.0 Å². The predicted molar refractivity (Wildman–Crippen MR) is 168 cm³/mol. The van der Waals surface area contributed by atoms with Crippen molar-refractivity contribution in [2.24, 2.45) is 0 Å². The van der Waals surface area contributed by atoms with Crippen LogP contribution in [0.3, 0.4) is 0 Å². The summed E-state index contributed by atoms with van der Waals surface area (Å²) in [5.74, 6) is 1.91. The maximum Gasteiger partial charge on any atom is 3.00 e. The molecule has 0 spiro atoms. The fourth-order valence-electron chi connectivity index (χ4n) is 5.78. The van der Waals surface area contributed by atoms with E-state index in [1.165, 1.54) is 75.2 Å². The maximum absolute atomic E-state index is 5.20. The predicted octanol–water partition coefficient (Wildman–Crippen LogP) is 0.846. The number of nitrogens with zero attached hydrogens (tertiary/aromatic N) is 5. The molecule has 0 bridgehead atoms. The van der Waals surface area contributed by atoms with Crippen molar-refractivity contribution in [3.8, 4) is 23.0 Å². The Labute approximate surface area is 292 Å². The first kappa shape index (κ1) is 39.9. The second kappa shape index (κ2) is 20.8. The van der Waals surface area contributed by atoms with E-state index >= 15 is 0 Å². The van der Waals surface area contributed by atoms with E-state index < -0.39 is 0 Å². The zero-order valence-electron chi connectivity index (χ0n) is 26.0. The molecule has 2 aromatic carbocycles. The van der Waals surface area contributed by atoms with Crippen molar-refractivity contribution >= 4 is 22.1 Å². The minimum atomic E-state index is 0. The molecule has 0 unspecified atom stereocenters. The van der Waals surface area contributed by atoms with Gasteiger partial charge < -0.3 is 46.4 Å². The van der Waals surface area contributed by atoms with Gasteiger partial charge in [0.15, 0.2) is 11.6 Å². The van der Waals surface area contributed by atoms with Gasteiger partial charge in [-0.25, -0.2) is 15.0 Å². The summed E-state index contributed by atoms with van der Waals surface area (Å²) in [6.07, 6.45) is 15.3. The van der Waals surface area contributed by atoms with Crippen molar-refractivity contribution in [2.45, 2.75) is 104 Å². The number of pyridine rings is 1. The number of hydrogen-bond acceptors (Lipinski definition) is 3. The van der Waals surface area contributed by atoms with E-state index in [1.54, 1.807) is 0 Å². The third kappa shape index (κ3) is 9.95. The molecule has 0 saturated carbocycles. The van der Waals surface area contributed by atoms with Gasteiger partial charge in [-0.3, -0.25) is 0 Å². The summed E-state index contributed by atoms with van der Waals surface area (Å²) in [6, 6.07) is 23.3. The van der Waals surface area contributed by atoms with E-state index in [2.05, 4.69) is 89.7 Å². The van der Waals surface area contributed by atoms with Crippen LogP contribution >= 0.6 is 0 Å². The van der Waals surface area contributed by atoms with Gasteiger partial charge in [-0.2, -0.15) is 0 Å². The van der Waals surface area contributed by atoms with Crippen LogP contribution in [0.15, 0.2) is 66.7 Å². The van der Waals surface area contributed by atoms with Crippen LogP contribution in [0.25, 0.3) is 45.1 Å². The van der Waals surface area contributed by atoms with Crippen molar-refractivity contribution in [3.63, 3.8) is 0 Å². The Morgan fingerprint density at radius 2 is 0.841 bits per heavy atom.